The van der Waals surface area contributed by atoms with E-state index in [0.717, 1.165) is 6.42 Å². The molecule has 4 aromatic rings. The van der Waals surface area contributed by atoms with Crippen LogP contribution < -0.4 is 0 Å². The molecule has 0 atom stereocenters. The quantitative estimate of drug-likeness (QED) is 0.351. The Labute approximate surface area is 136 Å². The highest BCUT2D eigenvalue weighted by atomic mass is 14.3. The second kappa shape index (κ2) is 4.82. The molecule has 5 rings (SSSR count). The van der Waals surface area contributed by atoms with E-state index in [0.29, 0.717) is 0 Å². The summed E-state index contributed by atoms with van der Waals surface area (Å²) in [5.41, 5.74) is 8.41. The van der Waals surface area contributed by atoms with E-state index in [1.165, 1.54) is 44.2 Å². The molecule has 0 aromatic heterocycles. The molecule has 0 N–H and O–H groups in total. The summed E-state index contributed by atoms with van der Waals surface area (Å²) in [6.07, 6.45) is 1.03. The third-order valence-corrected chi connectivity index (χ3v) is 4.89. The molecule has 108 valence electrons. The zero-order valence-corrected chi connectivity index (χ0v) is 12.8. The first-order valence-electron chi connectivity index (χ1n) is 8.10. The highest BCUT2D eigenvalue weighted by molar-refractivity contribution is 6.04. The Balaban J connectivity index is 1.92. The summed E-state index contributed by atoms with van der Waals surface area (Å²) in [6, 6.07) is 30.7. The molecule has 0 spiro atoms. The lowest BCUT2D eigenvalue weighted by atomic mass is 9.90. The summed E-state index contributed by atoms with van der Waals surface area (Å²) in [5, 5.41) is 2.67. The smallest absolute Gasteiger partial charge is 0.000706 e. The molecule has 1 aliphatic rings. The Hall–Kier alpha value is -2.86. The standard InChI is InChI=1S/C23H16/c1-2-8-16(9-3-1)23-20-13-7-5-11-18(20)14-21-19-12-6-4-10-17(19)15-22(21)23/h1-14H,15H2. The predicted molar refractivity (Wildman–Crippen MR) is 97.6 cm³/mol. The fourth-order valence-electron chi connectivity index (χ4n) is 3.88. The van der Waals surface area contributed by atoms with Gasteiger partial charge in [-0.1, -0.05) is 78.9 Å². The molecule has 0 heterocycles. The van der Waals surface area contributed by atoms with Crippen LogP contribution in [0, 0.1) is 0 Å². The van der Waals surface area contributed by atoms with E-state index in [1.54, 1.807) is 0 Å². The minimum Gasteiger partial charge on any atom is -0.0622 e. The zero-order chi connectivity index (χ0) is 15.2. The van der Waals surface area contributed by atoms with Gasteiger partial charge in [-0.25, -0.2) is 0 Å². The van der Waals surface area contributed by atoms with E-state index in [1.807, 2.05) is 0 Å². The van der Waals surface area contributed by atoms with Crippen LogP contribution >= 0.6 is 0 Å². The lowest BCUT2D eigenvalue weighted by Gasteiger charge is -2.14. The van der Waals surface area contributed by atoms with Crippen molar-refractivity contribution in [3.63, 3.8) is 0 Å². The Morgan fingerprint density at radius 1 is 0.609 bits per heavy atom. The lowest BCUT2D eigenvalue weighted by molar-refractivity contribution is 1.27. The van der Waals surface area contributed by atoms with Crippen molar-refractivity contribution < 1.29 is 0 Å². The van der Waals surface area contributed by atoms with Gasteiger partial charge in [0.2, 0.25) is 0 Å². The number of fused-ring (bicyclic) bond motifs is 4. The molecule has 0 saturated carbocycles. The second-order valence-electron chi connectivity index (χ2n) is 6.20. The van der Waals surface area contributed by atoms with Gasteiger partial charge < -0.3 is 0 Å². The van der Waals surface area contributed by atoms with Gasteiger partial charge in [-0.05, 0) is 56.6 Å². The molecule has 0 nitrogen and oxygen atoms in total. The van der Waals surface area contributed by atoms with Gasteiger partial charge in [-0.2, -0.15) is 0 Å². The Bertz CT molecular complexity index is 1030. The number of benzene rings is 4. The van der Waals surface area contributed by atoms with Gasteiger partial charge in [0.1, 0.15) is 0 Å². The van der Waals surface area contributed by atoms with E-state index in [9.17, 15) is 0 Å². The molecule has 0 unspecified atom stereocenters. The van der Waals surface area contributed by atoms with Crippen molar-refractivity contribution in [2.75, 3.05) is 0 Å². The monoisotopic (exact) mass is 292 g/mol. The summed E-state index contributed by atoms with van der Waals surface area (Å²) < 4.78 is 0. The second-order valence-corrected chi connectivity index (χ2v) is 6.20. The van der Waals surface area contributed by atoms with Gasteiger partial charge in [-0.15, -0.1) is 0 Å². The van der Waals surface area contributed by atoms with Gasteiger partial charge in [0.05, 0.1) is 0 Å². The predicted octanol–water partition coefficient (Wildman–Crippen LogP) is 6.08. The maximum atomic E-state index is 2.36. The van der Waals surface area contributed by atoms with E-state index < -0.39 is 0 Å². The molecular weight excluding hydrogens is 276 g/mol. The molecule has 0 bridgehead atoms. The average molecular weight is 292 g/mol. The fraction of sp³-hybridized carbons (Fsp3) is 0.0435. The highest BCUT2D eigenvalue weighted by Crippen LogP contribution is 2.45. The molecule has 0 heteroatoms. The summed E-state index contributed by atoms with van der Waals surface area (Å²) in [4.78, 5) is 0. The normalized spacial score (nSPS) is 12.2. The Morgan fingerprint density at radius 3 is 2.26 bits per heavy atom. The van der Waals surface area contributed by atoms with Gasteiger partial charge in [-0.3, -0.25) is 0 Å². The van der Waals surface area contributed by atoms with Crippen molar-refractivity contribution in [2.45, 2.75) is 6.42 Å². The van der Waals surface area contributed by atoms with Crippen molar-refractivity contribution >= 4 is 10.8 Å². The van der Waals surface area contributed by atoms with Crippen LogP contribution in [0.15, 0.2) is 84.9 Å². The van der Waals surface area contributed by atoms with Crippen LogP contribution in [0.3, 0.4) is 0 Å². The molecule has 0 fully saturated rings. The largest absolute Gasteiger partial charge is 0.0622 e. The van der Waals surface area contributed by atoms with Crippen molar-refractivity contribution in [3.05, 3.63) is 96.1 Å². The van der Waals surface area contributed by atoms with Gasteiger partial charge in [0.15, 0.2) is 0 Å². The maximum Gasteiger partial charge on any atom is -0.000706 e. The number of rotatable bonds is 1. The molecule has 23 heavy (non-hydrogen) atoms. The fourth-order valence-corrected chi connectivity index (χ4v) is 3.88. The van der Waals surface area contributed by atoms with Crippen LogP contribution in [0.25, 0.3) is 33.0 Å². The van der Waals surface area contributed by atoms with Crippen LogP contribution in [0.4, 0.5) is 0 Å². The van der Waals surface area contributed by atoms with Crippen LogP contribution in [-0.2, 0) is 6.42 Å². The molecule has 0 amide bonds. The molecule has 1 aliphatic carbocycles. The van der Waals surface area contributed by atoms with E-state index >= 15 is 0 Å². The summed E-state index contributed by atoms with van der Waals surface area (Å²) in [5.74, 6) is 0. The highest BCUT2D eigenvalue weighted by Gasteiger charge is 2.23. The minimum absolute atomic E-state index is 1.03. The summed E-state index contributed by atoms with van der Waals surface area (Å²) in [7, 11) is 0. The van der Waals surface area contributed by atoms with Crippen LogP contribution in [0.1, 0.15) is 11.1 Å². The number of hydrogen-bond donors (Lipinski definition) is 0. The van der Waals surface area contributed by atoms with Gasteiger partial charge in [0, 0.05) is 0 Å². The van der Waals surface area contributed by atoms with Gasteiger partial charge >= 0.3 is 0 Å². The first-order chi connectivity index (χ1) is 11.4. The van der Waals surface area contributed by atoms with E-state index in [-0.39, 0.29) is 0 Å². The van der Waals surface area contributed by atoms with E-state index in [2.05, 4.69) is 84.9 Å². The topological polar surface area (TPSA) is 0 Å². The maximum absolute atomic E-state index is 2.36. The van der Waals surface area contributed by atoms with Gasteiger partial charge in [0.25, 0.3) is 0 Å². The number of hydrogen-bond acceptors (Lipinski definition) is 0. The minimum atomic E-state index is 1.03. The zero-order valence-electron chi connectivity index (χ0n) is 12.8. The first-order valence-corrected chi connectivity index (χ1v) is 8.10. The summed E-state index contributed by atoms with van der Waals surface area (Å²) in [6.45, 7) is 0. The molecule has 0 radical (unpaired) electrons. The van der Waals surface area contributed by atoms with Crippen LogP contribution in [0.5, 0.6) is 0 Å². The third kappa shape index (κ3) is 1.85. The van der Waals surface area contributed by atoms with Crippen LogP contribution in [-0.4, -0.2) is 0 Å². The van der Waals surface area contributed by atoms with Crippen molar-refractivity contribution in [2.24, 2.45) is 0 Å². The first kappa shape index (κ1) is 12.7. The lowest BCUT2D eigenvalue weighted by Crippen LogP contribution is -1.90. The average Bonchev–Trinajstić information content (AvgIpc) is 2.98. The third-order valence-electron chi connectivity index (χ3n) is 4.89. The summed E-state index contributed by atoms with van der Waals surface area (Å²) >= 11 is 0. The molecule has 0 saturated heterocycles. The van der Waals surface area contributed by atoms with E-state index in [4.69, 9.17) is 0 Å². The molecule has 4 aromatic carbocycles. The SMILES string of the molecule is c1ccc(-c2c3c(cc4ccccc24)-c2ccccc2C3)cc1. The van der Waals surface area contributed by atoms with Crippen LogP contribution in [0.2, 0.25) is 0 Å². The van der Waals surface area contributed by atoms with Crippen molar-refractivity contribution in [1.29, 1.82) is 0 Å². The molecule has 0 aliphatic heterocycles. The molecular formula is C23H16. The Kier molecular flexibility index (Phi) is 2.65. The van der Waals surface area contributed by atoms with Crippen molar-refractivity contribution in [1.82, 2.24) is 0 Å². The Morgan fingerprint density at radius 2 is 1.35 bits per heavy atom. The van der Waals surface area contributed by atoms with Crippen molar-refractivity contribution in [3.8, 4) is 22.3 Å².